The number of pyridine rings is 1. The Bertz CT molecular complexity index is 973. The number of fused-ring (bicyclic) bond motifs is 1. The van der Waals surface area contributed by atoms with Gasteiger partial charge in [-0.2, -0.15) is 0 Å². The summed E-state index contributed by atoms with van der Waals surface area (Å²) in [4.78, 5) is 30.5. The average molecular weight is 327 g/mol. The fraction of sp³-hybridized carbons (Fsp3) is 0.188. The molecule has 3 aromatic rings. The Balaban J connectivity index is 1.98. The minimum Gasteiger partial charge on any atom is -0.503 e. The van der Waals surface area contributed by atoms with E-state index in [4.69, 9.17) is 0 Å². The molecule has 0 saturated carbocycles. The molecule has 0 atom stereocenters. The molecule has 0 aliphatic heterocycles. The largest absolute Gasteiger partial charge is 0.503 e. The first kappa shape index (κ1) is 15.6. The Morgan fingerprint density at radius 2 is 2.17 bits per heavy atom. The number of urea groups is 1. The fourth-order valence-corrected chi connectivity index (χ4v) is 2.44. The van der Waals surface area contributed by atoms with Crippen molar-refractivity contribution >= 4 is 23.0 Å². The SMILES string of the molecule is CCNC(=O)Nc1nc2ccc(-c3cc(=O)c(O)cn3C)cc2[nH]1. The van der Waals surface area contributed by atoms with E-state index in [0.717, 1.165) is 11.1 Å². The van der Waals surface area contributed by atoms with E-state index >= 15 is 0 Å². The number of anilines is 1. The van der Waals surface area contributed by atoms with Crippen molar-refractivity contribution in [3.63, 3.8) is 0 Å². The predicted molar refractivity (Wildman–Crippen MR) is 91.1 cm³/mol. The molecule has 2 amide bonds. The third-order valence-electron chi connectivity index (χ3n) is 3.56. The van der Waals surface area contributed by atoms with Crippen molar-refractivity contribution < 1.29 is 9.90 Å². The molecule has 2 aromatic heterocycles. The Morgan fingerprint density at radius 3 is 2.92 bits per heavy atom. The molecule has 0 aliphatic carbocycles. The first-order valence-corrected chi connectivity index (χ1v) is 7.42. The van der Waals surface area contributed by atoms with Gasteiger partial charge in [-0.1, -0.05) is 6.07 Å². The van der Waals surface area contributed by atoms with Crippen LogP contribution in [0.3, 0.4) is 0 Å². The van der Waals surface area contributed by atoms with E-state index < -0.39 is 5.43 Å². The summed E-state index contributed by atoms with van der Waals surface area (Å²) in [5, 5.41) is 14.7. The Morgan fingerprint density at radius 1 is 1.38 bits per heavy atom. The summed E-state index contributed by atoms with van der Waals surface area (Å²) in [6, 6.07) is 6.49. The lowest BCUT2D eigenvalue weighted by Gasteiger charge is -2.08. The van der Waals surface area contributed by atoms with Gasteiger partial charge >= 0.3 is 6.03 Å². The molecule has 0 fully saturated rings. The number of aromatic nitrogens is 3. The van der Waals surface area contributed by atoms with Gasteiger partial charge in [-0.25, -0.2) is 9.78 Å². The van der Waals surface area contributed by atoms with E-state index in [1.165, 1.54) is 12.3 Å². The summed E-state index contributed by atoms with van der Waals surface area (Å²) in [6.07, 6.45) is 1.37. The monoisotopic (exact) mass is 327 g/mol. The number of aromatic hydroxyl groups is 1. The summed E-state index contributed by atoms with van der Waals surface area (Å²) < 4.78 is 1.67. The second kappa shape index (κ2) is 6.07. The molecule has 8 heteroatoms. The number of aryl methyl sites for hydroxylation is 1. The van der Waals surface area contributed by atoms with Crippen molar-refractivity contribution in [2.45, 2.75) is 6.92 Å². The van der Waals surface area contributed by atoms with Crippen molar-refractivity contribution in [2.75, 3.05) is 11.9 Å². The molecule has 0 unspecified atom stereocenters. The van der Waals surface area contributed by atoms with Crippen molar-refractivity contribution in [1.29, 1.82) is 0 Å². The number of benzene rings is 1. The van der Waals surface area contributed by atoms with Gasteiger partial charge < -0.3 is 20.0 Å². The van der Waals surface area contributed by atoms with Crippen molar-refractivity contribution in [1.82, 2.24) is 19.9 Å². The molecule has 124 valence electrons. The van der Waals surface area contributed by atoms with Gasteiger partial charge in [0.15, 0.2) is 5.75 Å². The van der Waals surface area contributed by atoms with Gasteiger partial charge in [0.05, 0.1) is 22.9 Å². The van der Waals surface area contributed by atoms with E-state index in [-0.39, 0.29) is 11.8 Å². The fourth-order valence-electron chi connectivity index (χ4n) is 2.44. The van der Waals surface area contributed by atoms with Gasteiger partial charge in [0.25, 0.3) is 0 Å². The smallest absolute Gasteiger partial charge is 0.321 e. The Hall–Kier alpha value is -3.29. The standard InChI is InChI=1S/C16H17N5O3/c1-3-17-16(24)20-15-18-10-5-4-9(6-11(10)19-15)12-7-13(22)14(23)8-21(12)2/h4-8,23H,3H2,1-2H3,(H3,17,18,19,20,24). The number of nitrogens with one attached hydrogen (secondary N) is 3. The second-order valence-electron chi connectivity index (χ2n) is 5.32. The number of carbonyl (C=O) groups excluding carboxylic acids is 1. The third-order valence-corrected chi connectivity index (χ3v) is 3.56. The van der Waals surface area contributed by atoms with Crippen molar-refractivity contribution in [2.24, 2.45) is 7.05 Å². The van der Waals surface area contributed by atoms with Crippen LogP contribution in [0.2, 0.25) is 0 Å². The lowest BCUT2D eigenvalue weighted by molar-refractivity contribution is 0.252. The number of carbonyl (C=O) groups is 1. The van der Waals surface area contributed by atoms with Crippen LogP contribution in [0.25, 0.3) is 22.3 Å². The van der Waals surface area contributed by atoms with Gasteiger partial charge in [-0.3, -0.25) is 10.1 Å². The molecule has 0 radical (unpaired) electrons. The van der Waals surface area contributed by atoms with E-state index in [0.29, 0.717) is 23.7 Å². The molecule has 0 aliphatic rings. The highest BCUT2D eigenvalue weighted by molar-refractivity contribution is 5.90. The minimum atomic E-state index is -0.439. The summed E-state index contributed by atoms with van der Waals surface area (Å²) in [6.45, 7) is 2.34. The number of nitrogens with zero attached hydrogens (tertiary/aromatic N) is 2. The lowest BCUT2D eigenvalue weighted by atomic mass is 10.1. The van der Waals surface area contributed by atoms with Gasteiger partial charge in [0, 0.05) is 25.2 Å². The predicted octanol–water partition coefficient (Wildman–Crippen LogP) is 1.78. The van der Waals surface area contributed by atoms with E-state index in [1.54, 1.807) is 17.7 Å². The van der Waals surface area contributed by atoms with Crippen LogP contribution in [0.1, 0.15) is 6.92 Å². The highest BCUT2D eigenvalue weighted by atomic mass is 16.3. The van der Waals surface area contributed by atoms with Gasteiger partial charge in [-0.05, 0) is 19.1 Å². The van der Waals surface area contributed by atoms with Gasteiger partial charge in [0.2, 0.25) is 11.4 Å². The summed E-state index contributed by atoms with van der Waals surface area (Å²) in [5.74, 6) is 0.0463. The van der Waals surface area contributed by atoms with Crippen molar-refractivity contribution in [3.8, 4) is 17.0 Å². The van der Waals surface area contributed by atoms with Crippen LogP contribution in [0.5, 0.6) is 5.75 Å². The molecule has 4 N–H and O–H groups in total. The number of aromatic amines is 1. The molecule has 0 bridgehead atoms. The highest BCUT2D eigenvalue weighted by Gasteiger charge is 2.10. The summed E-state index contributed by atoms with van der Waals surface area (Å²) in [7, 11) is 1.74. The van der Waals surface area contributed by atoms with Crippen LogP contribution >= 0.6 is 0 Å². The topological polar surface area (TPSA) is 112 Å². The third kappa shape index (κ3) is 2.94. The van der Waals surface area contributed by atoms with E-state index in [9.17, 15) is 14.7 Å². The quantitative estimate of drug-likeness (QED) is 0.587. The first-order chi connectivity index (χ1) is 11.5. The van der Waals surface area contributed by atoms with E-state index in [1.807, 2.05) is 19.1 Å². The molecule has 2 heterocycles. The number of H-pyrrole nitrogens is 1. The summed E-state index contributed by atoms with van der Waals surface area (Å²) in [5.41, 5.74) is 2.42. The normalized spacial score (nSPS) is 10.8. The average Bonchev–Trinajstić information content (AvgIpc) is 2.92. The number of rotatable bonds is 3. The maximum absolute atomic E-state index is 11.7. The molecule has 8 nitrogen and oxygen atoms in total. The minimum absolute atomic E-state index is 0.294. The molecule has 3 rings (SSSR count). The molecule has 0 saturated heterocycles. The Kier molecular flexibility index (Phi) is 3.95. The van der Waals surface area contributed by atoms with Crippen LogP contribution in [-0.4, -0.2) is 32.2 Å². The molecular formula is C16H17N5O3. The molecule has 24 heavy (non-hydrogen) atoms. The zero-order chi connectivity index (χ0) is 17.3. The van der Waals surface area contributed by atoms with Crippen LogP contribution < -0.4 is 16.1 Å². The van der Waals surface area contributed by atoms with Crippen LogP contribution in [0.15, 0.2) is 35.3 Å². The number of hydrogen-bond donors (Lipinski definition) is 4. The van der Waals surface area contributed by atoms with Gasteiger partial charge in [-0.15, -0.1) is 0 Å². The lowest BCUT2D eigenvalue weighted by Crippen LogP contribution is -2.28. The maximum atomic E-state index is 11.7. The molecule has 0 spiro atoms. The number of hydrogen-bond acceptors (Lipinski definition) is 4. The second-order valence-corrected chi connectivity index (χ2v) is 5.32. The van der Waals surface area contributed by atoms with Crippen LogP contribution in [-0.2, 0) is 7.05 Å². The zero-order valence-corrected chi connectivity index (χ0v) is 13.3. The number of amides is 2. The summed E-state index contributed by atoms with van der Waals surface area (Å²) >= 11 is 0. The van der Waals surface area contributed by atoms with Crippen LogP contribution in [0.4, 0.5) is 10.7 Å². The highest BCUT2D eigenvalue weighted by Crippen LogP contribution is 2.24. The number of imidazole rings is 1. The van der Waals surface area contributed by atoms with Crippen LogP contribution in [0, 0.1) is 0 Å². The van der Waals surface area contributed by atoms with Crippen molar-refractivity contribution in [3.05, 3.63) is 40.7 Å². The molecular weight excluding hydrogens is 310 g/mol. The zero-order valence-electron chi connectivity index (χ0n) is 13.3. The van der Waals surface area contributed by atoms with Gasteiger partial charge in [0.1, 0.15) is 0 Å². The maximum Gasteiger partial charge on any atom is 0.321 e. The first-order valence-electron chi connectivity index (χ1n) is 7.42. The molecule has 1 aromatic carbocycles. The van der Waals surface area contributed by atoms with E-state index in [2.05, 4.69) is 20.6 Å². The Labute approximate surface area is 137 Å².